The SMILES string of the molecule is CCC(NC(=O)NC(C)CO)c1ccc(Cl)cc1. The van der Waals surface area contributed by atoms with Gasteiger partial charge < -0.3 is 15.7 Å². The molecule has 0 aliphatic heterocycles. The first-order valence-corrected chi connectivity index (χ1v) is 6.38. The number of benzene rings is 1. The maximum Gasteiger partial charge on any atom is 0.315 e. The predicted octanol–water partition coefficient (Wildman–Crippen LogP) is 2.47. The molecule has 1 rings (SSSR count). The lowest BCUT2D eigenvalue weighted by atomic mass is 10.1. The lowest BCUT2D eigenvalue weighted by molar-refractivity contribution is 0.217. The number of halogens is 1. The molecule has 0 saturated heterocycles. The minimum absolute atomic E-state index is 0.0619. The van der Waals surface area contributed by atoms with Crippen LogP contribution in [0.2, 0.25) is 5.02 Å². The molecule has 0 heterocycles. The highest BCUT2D eigenvalue weighted by molar-refractivity contribution is 6.30. The Bertz CT molecular complexity index is 381. The summed E-state index contributed by atoms with van der Waals surface area (Å²) in [5.41, 5.74) is 1.01. The van der Waals surface area contributed by atoms with E-state index in [1.165, 1.54) is 0 Å². The smallest absolute Gasteiger partial charge is 0.315 e. The second-order valence-corrected chi connectivity index (χ2v) is 4.65. The number of carbonyl (C=O) groups excluding carboxylic acids is 1. The summed E-state index contributed by atoms with van der Waals surface area (Å²) in [6.45, 7) is 3.66. The fourth-order valence-corrected chi connectivity index (χ4v) is 1.71. The normalized spacial score (nSPS) is 13.8. The van der Waals surface area contributed by atoms with Crippen LogP contribution >= 0.6 is 11.6 Å². The van der Waals surface area contributed by atoms with Crippen molar-refractivity contribution in [3.63, 3.8) is 0 Å². The first-order chi connectivity index (χ1) is 8.56. The minimum atomic E-state index is -0.279. The van der Waals surface area contributed by atoms with Crippen LogP contribution in [0.5, 0.6) is 0 Å². The molecule has 1 aromatic carbocycles. The highest BCUT2D eigenvalue weighted by atomic mass is 35.5. The number of carbonyl (C=O) groups is 1. The number of hydrogen-bond acceptors (Lipinski definition) is 2. The molecule has 0 aliphatic rings. The second kappa shape index (κ2) is 7.24. The minimum Gasteiger partial charge on any atom is -0.394 e. The van der Waals surface area contributed by atoms with Gasteiger partial charge in [0.25, 0.3) is 0 Å². The Hall–Kier alpha value is -1.26. The van der Waals surface area contributed by atoms with Crippen LogP contribution in [0.4, 0.5) is 4.79 Å². The molecule has 100 valence electrons. The third-order valence-corrected chi connectivity index (χ3v) is 2.89. The van der Waals surface area contributed by atoms with Gasteiger partial charge in [0.2, 0.25) is 0 Å². The van der Waals surface area contributed by atoms with Crippen molar-refractivity contribution in [1.29, 1.82) is 0 Å². The Morgan fingerprint density at radius 3 is 2.44 bits per heavy atom. The summed E-state index contributed by atoms with van der Waals surface area (Å²) < 4.78 is 0. The molecule has 0 aromatic heterocycles. The first kappa shape index (κ1) is 14.8. The maximum absolute atomic E-state index is 11.7. The molecule has 1 aromatic rings. The van der Waals surface area contributed by atoms with Crippen molar-refractivity contribution in [2.45, 2.75) is 32.4 Å². The Balaban J connectivity index is 2.61. The largest absolute Gasteiger partial charge is 0.394 e. The lowest BCUT2D eigenvalue weighted by Crippen LogP contribution is -2.43. The van der Waals surface area contributed by atoms with E-state index in [9.17, 15) is 4.79 Å². The van der Waals surface area contributed by atoms with Crippen LogP contribution in [-0.2, 0) is 0 Å². The number of amides is 2. The Kier molecular flexibility index (Phi) is 5.95. The molecule has 0 bridgehead atoms. The van der Waals surface area contributed by atoms with Gasteiger partial charge in [0.15, 0.2) is 0 Å². The van der Waals surface area contributed by atoms with Crippen molar-refractivity contribution >= 4 is 17.6 Å². The zero-order valence-corrected chi connectivity index (χ0v) is 11.4. The molecule has 18 heavy (non-hydrogen) atoms. The quantitative estimate of drug-likeness (QED) is 0.770. The van der Waals surface area contributed by atoms with Gasteiger partial charge in [0.1, 0.15) is 0 Å². The van der Waals surface area contributed by atoms with Gasteiger partial charge in [-0.15, -0.1) is 0 Å². The van der Waals surface area contributed by atoms with E-state index in [0.717, 1.165) is 12.0 Å². The van der Waals surface area contributed by atoms with Gasteiger partial charge in [0, 0.05) is 5.02 Å². The maximum atomic E-state index is 11.7. The Morgan fingerprint density at radius 2 is 1.94 bits per heavy atom. The van der Waals surface area contributed by atoms with Gasteiger partial charge in [-0.25, -0.2) is 4.79 Å². The topological polar surface area (TPSA) is 61.4 Å². The molecule has 5 heteroatoms. The summed E-state index contributed by atoms with van der Waals surface area (Å²) >= 11 is 5.83. The summed E-state index contributed by atoms with van der Waals surface area (Å²) in [5, 5.41) is 15.1. The predicted molar refractivity (Wildman–Crippen MR) is 72.7 cm³/mol. The third kappa shape index (κ3) is 4.55. The van der Waals surface area contributed by atoms with Crippen LogP contribution in [0, 0.1) is 0 Å². The number of aliphatic hydroxyl groups is 1. The standard InChI is InChI=1S/C13H19ClN2O2/c1-3-12(10-4-6-11(14)7-5-10)16-13(18)15-9(2)8-17/h4-7,9,12,17H,3,8H2,1-2H3,(H2,15,16,18). The van der Waals surface area contributed by atoms with Crippen LogP contribution in [0.15, 0.2) is 24.3 Å². The number of urea groups is 1. The van der Waals surface area contributed by atoms with E-state index in [0.29, 0.717) is 5.02 Å². The van der Waals surface area contributed by atoms with E-state index in [1.54, 1.807) is 19.1 Å². The van der Waals surface area contributed by atoms with Crippen LogP contribution < -0.4 is 10.6 Å². The Labute approximate surface area is 112 Å². The summed E-state index contributed by atoms with van der Waals surface area (Å²) in [5.74, 6) is 0. The van der Waals surface area contributed by atoms with E-state index < -0.39 is 0 Å². The van der Waals surface area contributed by atoms with Crippen LogP contribution in [-0.4, -0.2) is 23.8 Å². The lowest BCUT2D eigenvalue weighted by Gasteiger charge is -2.19. The zero-order chi connectivity index (χ0) is 13.5. The van der Waals surface area contributed by atoms with Crippen molar-refractivity contribution in [3.05, 3.63) is 34.9 Å². The summed E-state index contributed by atoms with van der Waals surface area (Å²) in [6.07, 6.45) is 0.780. The van der Waals surface area contributed by atoms with Gasteiger partial charge in [-0.2, -0.15) is 0 Å². The van der Waals surface area contributed by atoms with E-state index in [2.05, 4.69) is 10.6 Å². The molecule has 0 radical (unpaired) electrons. The molecule has 3 N–H and O–H groups in total. The van der Waals surface area contributed by atoms with Crippen molar-refractivity contribution in [3.8, 4) is 0 Å². The van der Waals surface area contributed by atoms with Gasteiger partial charge in [-0.05, 0) is 31.0 Å². The van der Waals surface area contributed by atoms with E-state index >= 15 is 0 Å². The number of aliphatic hydroxyl groups excluding tert-OH is 1. The summed E-state index contributed by atoms with van der Waals surface area (Å²) in [4.78, 5) is 11.7. The van der Waals surface area contributed by atoms with Crippen molar-refractivity contribution in [1.82, 2.24) is 10.6 Å². The van der Waals surface area contributed by atoms with Crippen molar-refractivity contribution in [2.24, 2.45) is 0 Å². The molecule has 4 nitrogen and oxygen atoms in total. The average Bonchev–Trinajstić information content (AvgIpc) is 2.37. The van der Waals surface area contributed by atoms with E-state index in [-0.39, 0.29) is 24.7 Å². The molecule has 0 saturated carbocycles. The molecule has 2 atom stereocenters. The highest BCUT2D eigenvalue weighted by Crippen LogP contribution is 2.18. The molecular weight excluding hydrogens is 252 g/mol. The van der Waals surface area contributed by atoms with Crippen molar-refractivity contribution in [2.75, 3.05) is 6.61 Å². The van der Waals surface area contributed by atoms with Gasteiger partial charge in [-0.3, -0.25) is 0 Å². The van der Waals surface area contributed by atoms with E-state index in [1.807, 2.05) is 19.1 Å². The third-order valence-electron chi connectivity index (χ3n) is 2.64. The molecule has 2 amide bonds. The first-order valence-electron chi connectivity index (χ1n) is 6.00. The number of rotatable bonds is 5. The van der Waals surface area contributed by atoms with E-state index in [4.69, 9.17) is 16.7 Å². The molecule has 0 aliphatic carbocycles. The Morgan fingerprint density at radius 1 is 1.33 bits per heavy atom. The summed E-state index contributed by atoms with van der Waals surface area (Å²) in [7, 11) is 0. The molecule has 2 unspecified atom stereocenters. The van der Waals surface area contributed by atoms with Gasteiger partial charge in [-0.1, -0.05) is 30.7 Å². The monoisotopic (exact) mass is 270 g/mol. The number of nitrogens with one attached hydrogen (secondary N) is 2. The molecule has 0 spiro atoms. The molecule has 0 fully saturated rings. The average molecular weight is 271 g/mol. The highest BCUT2D eigenvalue weighted by Gasteiger charge is 2.13. The summed E-state index contributed by atoms with van der Waals surface area (Å²) in [6, 6.07) is 6.79. The second-order valence-electron chi connectivity index (χ2n) is 4.21. The molecular formula is C13H19ClN2O2. The van der Waals surface area contributed by atoms with Crippen molar-refractivity contribution < 1.29 is 9.90 Å². The fourth-order valence-electron chi connectivity index (χ4n) is 1.59. The van der Waals surface area contributed by atoms with Crippen LogP contribution in [0.3, 0.4) is 0 Å². The van der Waals surface area contributed by atoms with Crippen LogP contribution in [0.1, 0.15) is 31.9 Å². The van der Waals surface area contributed by atoms with Crippen LogP contribution in [0.25, 0.3) is 0 Å². The van der Waals surface area contributed by atoms with Gasteiger partial charge in [0.05, 0.1) is 18.7 Å². The fraction of sp³-hybridized carbons (Fsp3) is 0.462. The zero-order valence-electron chi connectivity index (χ0n) is 10.6. The number of hydrogen-bond donors (Lipinski definition) is 3. The van der Waals surface area contributed by atoms with Gasteiger partial charge >= 0.3 is 6.03 Å².